The Balaban J connectivity index is 1.65. The first-order chi connectivity index (χ1) is 21.6. The molecule has 3 heterocycles. The minimum atomic E-state index is -2.33. The lowest BCUT2D eigenvalue weighted by molar-refractivity contribution is -0.288. The van der Waals surface area contributed by atoms with Gasteiger partial charge >= 0.3 is 29.8 Å². The molecule has 0 spiro atoms. The number of rotatable bonds is 5. The number of hydrogen-bond acceptors (Lipinski definition) is 18. The normalized spacial score (nSPS) is 28.9. The fourth-order valence-corrected chi connectivity index (χ4v) is 5.38. The van der Waals surface area contributed by atoms with Crippen LogP contribution < -0.4 is 4.74 Å². The highest BCUT2D eigenvalue weighted by Crippen LogP contribution is 2.51. The molecule has 2 aromatic rings. The fraction of sp³-hybridized carbons (Fsp3) is 0.370. The van der Waals surface area contributed by atoms with Crippen molar-refractivity contribution in [3.8, 4) is 34.5 Å². The van der Waals surface area contributed by atoms with Gasteiger partial charge < -0.3 is 69.6 Å². The van der Waals surface area contributed by atoms with E-state index in [-0.39, 0.29) is 0 Å². The van der Waals surface area contributed by atoms with Crippen molar-refractivity contribution in [2.24, 2.45) is 5.92 Å². The van der Waals surface area contributed by atoms with E-state index in [0.717, 1.165) is 0 Å². The zero-order valence-corrected chi connectivity index (χ0v) is 22.9. The summed E-state index contributed by atoms with van der Waals surface area (Å²) in [6.07, 6.45) is -13.7. The number of aliphatic hydroxyl groups is 3. The fourth-order valence-electron chi connectivity index (χ4n) is 5.38. The average Bonchev–Trinajstić information content (AvgIpc) is 2.99. The van der Waals surface area contributed by atoms with E-state index >= 15 is 0 Å². The lowest BCUT2D eigenvalue weighted by Crippen LogP contribution is -2.62. The van der Waals surface area contributed by atoms with Crippen LogP contribution in [-0.4, -0.2) is 119 Å². The monoisotopic (exact) mass is 652 g/mol. The Labute approximate surface area is 254 Å². The molecule has 19 heteroatoms. The molecule has 0 aromatic heterocycles. The summed E-state index contributed by atoms with van der Waals surface area (Å²) < 4.78 is 26.2. The predicted molar refractivity (Wildman–Crippen MR) is 138 cm³/mol. The first-order valence-electron chi connectivity index (χ1n) is 13.2. The van der Waals surface area contributed by atoms with Crippen LogP contribution in [0.15, 0.2) is 18.2 Å². The van der Waals surface area contributed by atoms with Gasteiger partial charge in [0, 0.05) is 11.5 Å². The molecule has 8 atom stereocenters. The van der Waals surface area contributed by atoms with Gasteiger partial charge in [-0.2, -0.15) is 0 Å². The Morgan fingerprint density at radius 2 is 1.48 bits per heavy atom. The van der Waals surface area contributed by atoms with E-state index in [9.17, 15) is 69.9 Å². The number of aliphatic carboxylic acids is 1. The van der Waals surface area contributed by atoms with Crippen molar-refractivity contribution in [1.82, 2.24) is 0 Å². The molecule has 0 amide bonds. The van der Waals surface area contributed by atoms with Gasteiger partial charge in [-0.15, -0.1) is 0 Å². The number of aromatic hydroxyl groups is 5. The highest BCUT2D eigenvalue weighted by Gasteiger charge is 2.55. The molecule has 19 nitrogen and oxygen atoms in total. The van der Waals surface area contributed by atoms with Crippen LogP contribution in [0.5, 0.6) is 34.5 Å². The van der Waals surface area contributed by atoms with Crippen molar-refractivity contribution in [2.45, 2.75) is 49.1 Å². The Morgan fingerprint density at radius 1 is 0.848 bits per heavy atom. The van der Waals surface area contributed by atoms with Gasteiger partial charge in [0.25, 0.3) is 0 Å². The molecule has 1 saturated heterocycles. The third-order valence-corrected chi connectivity index (χ3v) is 7.56. The molecular formula is C27H24O19. The van der Waals surface area contributed by atoms with E-state index in [1.165, 1.54) is 0 Å². The van der Waals surface area contributed by atoms with E-state index < -0.39 is 143 Å². The summed E-state index contributed by atoms with van der Waals surface area (Å²) in [5.41, 5.74) is -2.01. The number of carboxylic acids is 1. The van der Waals surface area contributed by atoms with Gasteiger partial charge in [-0.3, -0.25) is 9.59 Å². The molecule has 246 valence electrons. The zero-order chi connectivity index (χ0) is 33.8. The number of phenols is 5. The highest BCUT2D eigenvalue weighted by molar-refractivity contribution is 5.97. The molecule has 0 radical (unpaired) electrons. The van der Waals surface area contributed by atoms with E-state index in [4.69, 9.17) is 23.7 Å². The summed E-state index contributed by atoms with van der Waals surface area (Å²) in [4.78, 5) is 64.6. The van der Waals surface area contributed by atoms with Gasteiger partial charge in [0.15, 0.2) is 41.0 Å². The third kappa shape index (κ3) is 5.40. The van der Waals surface area contributed by atoms with Gasteiger partial charge in [-0.05, 0) is 18.2 Å². The van der Waals surface area contributed by atoms with Crippen LogP contribution in [0.2, 0.25) is 0 Å². The van der Waals surface area contributed by atoms with Crippen LogP contribution in [0.3, 0.4) is 0 Å². The van der Waals surface area contributed by atoms with Crippen LogP contribution in [-0.2, 0) is 33.3 Å². The lowest BCUT2D eigenvalue weighted by atomic mass is 9.76. The molecule has 0 aliphatic carbocycles. The Kier molecular flexibility index (Phi) is 8.26. The lowest BCUT2D eigenvalue weighted by Gasteiger charge is -2.44. The number of phenolic OH excluding ortho intramolecular Hbond substituents is 5. The number of carbonyl (C=O) groups excluding carboxylic acids is 4. The van der Waals surface area contributed by atoms with Crippen molar-refractivity contribution in [3.63, 3.8) is 0 Å². The molecule has 1 fully saturated rings. The molecule has 9 N–H and O–H groups in total. The van der Waals surface area contributed by atoms with Crippen molar-refractivity contribution >= 4 is 29.8 Å². The number of esters is 4. The standard InChI is InChI=1S/C27H24O19/c28-5-12-18(36)21-22(27(42-12)46-23(38)6-1-9(29)16(34)10(30)2-6)45-24(39)7-3-11(31)17(35)20-15(7)14(19(37)26(41)43-20)8(4-13(32)33)25(40)44-21/h1-3,8,12,14,18-19,21-22,27-31,34-37H,4-5H2,(H,32,33)/t8-,12+,14-,18+,19-,21-,22+,27-/m0/s1. The maximum Gasteiger partial charge on any atom is 0.341 e. The molecule has 5 rings (SSSR count). The number of carboxylic acid groups (broad SMARTS) is 1. The number of aliphatic hydroxyl groups excluding tert-OH is 3. The quantitative estimate of drug-likeness (QED) is 0.0733. The second-order valence-corrected chi connectivity index (χ2v) is 10.4. The van der Waals surface area contributed by atoms with Crippen LogP contribution >= 0.6 is 0 Å². The summed E-state index contributed by atoms with van der Waals surface area (Å²) in [5.74, 6) is -17.6. The van der Waals surface area contributed by atoms with Gasteiger partial charge in [0.05, 0.1) is 30.1 Å². The highest BCUT2D eigenvalue weighted by atomic mass is 16.7. The smallest absolute Gasteiger partial charge is 0.341 e. The number of carbonyl (C=O) groups is 5. The SMILES string of the molecule is O=C(O)C[C@@H]1C(=O)O[C@H]2[C@H](O)[C@@H](CO)O[C@@H](OC(=O)c3cc(O)c(O)c(O)c3)[C@@H]2OC(=O)c2cc(O)c(O)c3c2[C@H]1[C@H](O)C(=O)O3. The topological polar surface area (TPSA) is 314 Å². The molecule has 0 bridgehead atoms. The van der Waals surface area contributed by atoms with Gasteiger partial charge in [0.1, 0.15) is 12.2 Å². The first-order valence-corrected chi connectivity index (χ1v) is 13.2. The van der Waals surface area contributed by atoms with E-state index in [1.807, 2.05) is 0 Å². The van der Waals surface area contributed by atoms with Crippen LogP contribution in [0.25, 0.3) is 0 Å². The summed E-state index contributed by atoms with van der Waals surface area (Å²) in [6.45, 7) is -1.02. The zero-order valence-electron chi connectivity index (χ0n) is 22.9. The van der Waals surface area contributed by atoms with Crippen LogP contribution in [0, 0.1) is 5.92 Å². The predicted octanol–water partition coefficient (Wildman–Crippen LogP) is -1.95. The van der Waals surface area contributed by atoms with Crippen molar-refractivity contribution in [3.05, 3.63) is 34.9 Å². The Hall–Kier alpha value is -5.37. The molecule has 0 unspecified atom stereocenters. The number of hydrogen-bond donors (Lipinski definition) is 9. The maximum atomic E-state index is 13.6. The van der Waals surface area contributed by atoms with Gasteiger partial charge in [-0.1, -0.05) is 0 Å². The first kappa shape index (κ1) is 32.0. The Bertz CT molecular complexity index is 1610. The number of fused-ring (bicyclic) bond motifs is 1. The molecular weight excluding hydrogens is 628 g/mol. The minimum absolute atomic E-state index is 0.592. The second kappa shape index (κ2) is 11.9. The molecule has 3 aliphatic heterocycles. The summed E-state index contributed by atoms with van der Waals surface area (Å²) in [7, 11) is 0. The molecule has 3 aliphatic rings. The van der Waals surface area contributed by atoms with E-state index in [1.54, 1.807) is 0 Å². The number of benzene rings is 2. The second-order valence-electron chi connectivity index (χ2n) is 10.4. The summed E-state index contributed by atoms with van der Waals surface area (Å²) in [5, 5.41) is 91.0. The van der Waals surface area contributed by atoms with Crippen molar-refractivity contribution in [1.29, 1.82) is 0 Å². The molecule has 0 saturated carbocycles. The van der Waals surface area contributed by atoms with Crippen molar-refractivity contribution in [2.75, 3.05) is 6.61 Å². The van der Waals surface area contributed by atoms with Crippen molar-refractivity contribution < 1.29 is 93.6 Å². The third-order valence-electron chi connectivity index (χ3n) is 7.56. The van der Waals surface area contributed by atoms with E-state index in [2.05, 4.69) is 0 Å². The van der Waals surface area contributed by atoms with Gasteiger partial charge in [0.2, 0.25) is 18.1 Å². The Morgan fingerprint density at radius 3 is 2.09 bits per heavy atom. The van der Waals surface area contributed by atoms with Crippen LogP contribution in [0.4, 0.5) is 0 Å². The van der Waals surface area contributed by atoms with E-state index in [0.29, 0.717) is 18.2 Å². The summed E-state index contributed by atoms with van der Waals surface area (Å²) >= 11 is 0. The minimum Gasteiger partial charge on any atom is -0.504 e. The molecule has 46 heavy (non-hydrogen) atoms. The maximum absolute atomic E-state index is 13.6. The van der Waals surface area contributed by atoms with Crippen LogP contribution in [0.1, 0.15) is 38.6 Å². The largest absolute Gasteiger partial charge is 0.504 e. The van der Waals surface area contributed by atoms with Gasteiger partial charge in [-0.25, -0.2) is 14.4 Å². The molecule has 2 aromatic carbocycles. The summed E-state index contributed by atoms with van der Waals surface area (Å²) in [6, 6.07) is 1.93. The number of ether oxygens (including phenoxy) is 5. The average molecular weight is 652 g/mol.